The van der Waals surface area contributed by atoms with Gasteiger partial charge in [-0.2, -0.15) is 0 Å². The second-order valence-corrected chi connectivity index (χ2v) is 7.35. The highest BCUT2D eigenvalue weighted by Crippen LogP contribution is 2.22. The Morgan fingerprint density at radius 3 is 2.48 bits per heavy atom. The summed E-state index contributed by atoms with van der Waals surface area (Å²) in [7, 11) is 1.55. The number of rotatable bonds is 8. The number of esters is 1. The third-order valence-corrected chi connectivity index (χ3v) is 5.00. The van der Waals surface area contributed by atoms with E-state index in [1.165, 1.54) is 11.3 Å². The van der Waals surface area contributed by atoms with Gasteiger partial charge >= 0.3 is 5.97 Å². The summed E-state index contributed by atoms with van der Waals surface area (Å²) < 4.78 is 16.2. The molecule has 2 aromatic carbocycles. The molecule has 6 nitrogen and oxygen atoms in total. The molecule has 0 saturated carbocycles. The number of hydrogen-bond donors (Lipinski definition) is 0. The third-order valence-electron chi connectivity index (χ3n) is 4.18. The molecule has 29 heavy (non-hydrogen) atoms. The molecule has 1 aromatic heterocycles. The summed E-state index contributed by atoms with van der Waals surface area (Å²) >= 11 is 1.53. The van der Waals surface area contributed by atoms with Gasteiger partial charge in [0, 0.05) is 10.9 Å². The van der Waals surface area contributed by atoms with Gasteiger partial charge < -0.3 is 14.2 Å². The fourth-order valence-electron chi connectivity index (χ4n) is 2.65. The van der Waals surface area contributed by atoms with Crippen LogP contribution in [0.4, 0.5) is 0 Å². The molecule has 0 spiro atoms. The van der Waals surface area contributed by atoms with Gasteiger partial charge in [-0.05, 0) is 50.2 Å². The number of aromatic nitrogens is 1. The van der Waals surface area contributed by atoms with Crippen molar-refractivity contribution in [2.24, 2.45) is 0 Å². The van der Waals surface area contributed by atoms with E-state index in [4.69, 9.17) is 14.2 Å². The van der Waals surface area contributed by atoms with Crippen molar-refractivity contribution in [3.8, 4) is 11.5 Å². The highest BCUT2D eigenvalue weighted by molar-refractivity contribution is 7.09. The van der Waals surface area contributed by atoms with Gasteiger partial charge in [0.1, 0.15) is 23.7 Å². The zero-order valence-electron chi connectivity index (χ0n) is 16.4. The molecule has 0 aliphatic carbocycles. The highest BCUT2D eigenvalue weighted by Gasteiger charge is 2.22. The van der Waals surface area contributed by atoms with Crippen LogP contribution in [0.3, 0.4) is 0 Å². The number of carbonyl (C=O) groups excluding carboxylic acids is 2. The molecule has 0 aliphatic rings. The van der Waals surface area contributed by atoms with Crippen LogP contribution in [0.5, 0.6) is 11.5 Å². The maximum atomic E-state index is 12.6. The largest absolute Gasteiger partial charge is 0.497 e. The van der Waals surface area contributed by atoms with E-state index in [0.29, 0.717) is 17.1 Å². The Bertz CT molecular complexity index is 996. The lowest BCUT2D eigenvalue weighted by atomic mass is 10.1. The van der Waals surface area contributed by atoms with Crippen molar-refractivity contribution in [1.82, 2.24) is 4.98 Å². The van der Waals surface area contributed by atoms with Gasteiger partial charge in [-0.1, -0.05) is 12.1 Å². The number of para-hydroxylation sites is 1. The minimum absolute atomic E-state index is 0.245. The van der Waals surface area contributed by atoms with Crippen molar-refractivity contribution >= 4 is 23.1 Å². The minimum Gasteiger partial charge on any atom is -0.497 e. The van der Waals surface area contributed by atoms with E-state index in [1.807, 2.05) is 12.3 Å². The van der Waals surface area contributed by atoms with E-state index in [9.17, 15) is 9.59 Å². The molecule has 0 unspecified atom stereocenters. The molecule has 0 N–H and O–H groups in total. The van der Waals surface area contributed by atoms with Crippen LogP contribution in [-0.4, -0.2) is 30.0 Å². The van der Waals surface area contributed by atoms with Crippen LogP contribution < -0.4 is 9.47 Å². The molecule has 0 radical (unpaired) electrons. The van der Waals surface area contributed by atoms with Crippen LogP contribution in [0.15, 0.2) is 53.9 Å². The zero-order valence-corrected chi connectivity index (χ0v) is 17.2. The molecule has 7 heteroatoms. The van der Waals surface area contributed by atoms with Gasteiger partial charge in [-0.3, -0.25) is 4.79 Å². The van der Waals surface area contributed by atoms with Crippen LogP contribution in [0.2, 0.25) is 0 Å². The van der Waals surface area contributed by atoms with Crippen LogP contribution in [0.25, 0.3) is 0 Å². The number of nitrogens with zero attached hydrogens (tertiary/aromatic N) is 1. The van der Waals surface area contributed by atoms with E-state index in [0.717, 1.165) is 10.7 Å². The number of ketones is 1. The first-order chi connectivity index (χ1) is 14.0. The van der Waals surface area contributed by atoms with E-state index in [1.54, 1.807) is 62.6 Å². The van der Waals surface area contributed by atoms with Gasteiger partial charge in [0.15, 0.2) is 6.10 Å². The smallest absolute Gasteiger partial charge is 0.342 e. The summed E-state index contributed by atoms with van der Waals surface area (Å²) in [5.41, 5.74) is 1.49. The average molecular weight is 411 g/mol. The maximum Gasteiger partial charge on any atom is 0.342 e. The highest BCUT2D eigenvalue weighted by atomic mass is 32.1. The number of ether oxygens (including phenoxy) is 3. The molecule has 0 bridgehead atoms. The van der Waals surface area contributed by atoms with E-state index in [-0.39, 0.29) is 18.0 Å². The summed E-state index contributed by atoms with van der Waals surface area (Å²) in [6.07, 6.45) is -0.940. The van der Waals surface area contributed by atoms with Gasteiger partial charge in [0.2, 0.25) is 5.78 Å². The first-order valence-electron chi connectivity index (χ1n) is 9.00. The Kier molecular flexibility index (Phi) is 6.61. The average Bonchev–Trinajstić information content (AvgIpc) is 3.17. The number of aryl methyl sites for hydroxylation is 1. The number of Topliss-reactive ketones (excluding diaryl/α,β-unsaturated/α-hetero) is 1. The lowest BCUT2D eigenvalue weighted by Gasteiger charge is -2.15. The predicted octanol–water partition coefficient (Wildman–Crippen LogP) is 4.47. The normalized spacial score (nSPS) is 11.6. The number of hydrogen-bond acceptors (Lipinski definition) is 7. The molecular formula is C22H21NO5S. The second-order valence-electron chi connectivity index (χ2n) is 6.28. The number of carbonyl (C=O) groups is 2. The van der Waals surface area contributed by atoms with Gasteiger partial charge in [0.25, 0.3) is 0 Å². The quantitative estimate of drug-likeness (QED) is 0.402. The van der Waals surface area contributed by atoms with Crippen LogP contribution in [-0.2, 0) is 11.3 Å². The molecule has 0 fully saturated rings. The van der Waals surface area contributed by atoms with E-state index in [2.05, 4.69) is 4.98 Å². The maximum absolute atomic E-state index is 12.6. The minimum atomic E-state index is -0.940. The monoisotopic (exact) mass is 411 g/mol. The van der Waals surface area contributed by atoms with Crippen molar-refractivity contribution in [1.29, 1.82) is 0 Å². The topological polar surface area (TPSA) is 74.7 Å². The standard InChI is InChI=1S/C22H21NO5S/c1-14(21(24)16-8-10-18(26-3)11-9-16)28-22(25)19-6-4-5-7-20(19)27-12-17-13-29-15(2)23-17/h4-11,13-14H,12H2,1-3H3/t14-/m1/s1. The number of methoxy groups -OCH3 is 1. The molecule has 0 aliphatic heterocycles. The lowest BCUT2D eigenvalue weighted by molar-refractivity contribution is 0.0314. The first-order valence-corrected chi connectivity index (χ1v) is 9.88. The second kappa shape index (κ2) is 9.34. The Morgan fingerprint density at radius 2 is 1.83 bits per heavy atom. The Hall–Kier alpha value is -3.19. The van der Waals surface area contributed by atoms with Gasteiger partial charge in [0.05, 0.1) is 17.8 Å². The Labute approximate surface area is 173 Å². The summed E-state index contributed by atoms with van der Waals surface area (Å²) in [5.74, 6) is 0.113. The summed E-state index contributed by atoms with van der Waals surface area (Å²) in [6, 6.07) is 13.4. The van der Waals surface area contributed by atoms with Crippen LogP contribution in [0, 0.1) is 6.92 Å². The number of thiazole rings is 1. The van der Waals surface area contributed by atoms with Crippen molar-refractivity contribution in [3.05, 3.63) is 75.7 Å². The fraction of sp³-hybridized carbons (Fsp3) is 0.227. The molecule has 3 rings (SSSR count). The fourth-order valence-corrected chi connectivity index (χ4v) is 3.25. The Morgan fingerprint density at radius 1 is 1.10 bits per heavy atom. The van der Waals surface area contributed by atoms with E-state index >= 15 is 0 Å². The van der Waals surface area contributed by atoms with Crippen molar-refractivity contribution in [3.63, 3.8) is 0 Å². The van der Waals surface area contributed by atoms with Gasteiger partial charge in [-0.25, -0.2) is 9.78 Å². The number of benzene rings is 2. The zero-order chi connectivity index (χ0) is 20.8. The van der Waals surface area contributed by atoms with Crippen molar-refractivity contribution in [2.45, 2.75) is 26.6 Å². The third kappa shape index (κ3) is 5.20. The SMILES string of the molecule is COc1ccc(C(=O)[C@@H](C)OC(=O)c2ccccc2OCc2csc(C)n2)cc1. The van der Waals surface area contributed by atoms with E-state index < -0.39 is 12.1 Å². The lowest BCUT2D eigenvalue weighted by Crippen LogP contribution is -2.24. The van der Waals surface area contributed by atoms with Crippen LogP contribution >= 0.6 is 11.3 Å². The first kappa shape index (κ1) is 20.5. The Balaban J connectivity index is 1.67. The van der Waals surface area contributed by atoms with Crippen LogP contribution in [0.1, 0.15) is 38.3 Å². The molecule has 0 saturated heterocycles. The van der Waals surface area contributed by atoms with Crippen molar-refractivity contribution in [2.75, 3.05) is 7.11 Å². The summed E-state index contributed by atoms with van der Waals surface area (Å²) in [5, 5.41) is 2.86. The van der Waals surface area contributed by atoms with Crippen molar-refractivity contribution < 1.29 is 23.8 Å². The molecule has 1 heterocycles. The van der Waals surface area contributed by atoms with Gasteiger partial charge in [-0.15, -0.1) is 11.3 Å². The predicted molar refractivity (Wildman–Crippen MR) is 110 cm³/mol. The molecular weight excluding hydrogens is 390 g/mol. The molecule has 0 amide bonds. The molecule has 150 valence electrons. The summed E-state index contributed by atoms with van der Waals surface area (Å²) in [6.45, 7) is 3.71. The summed E-state index contributed by atoms with van der Waals surface area (Å²) in [4.78, 5) is 29.5. The molecule has 1 atom stereocenters. The molecule has 3 aromatic rings.